The number of aryl methyl sites for hydroxylation is 2. The molecule has 0 aliphatic carbocycles. The molecule has 30 heavy (non-hydrogen) atoms. The largest absolute Gasteiger partial charge is 0.354 e. The Labute approximate surface area is 180 Å². The highest BCUT2D eigenvalue weighted by molar-refractivity contribution is 5.89. The zero-order chi connectivity index (χ0) is 21.7. The van der Waals surface area contributed by atoms with Gasteiger partial charge in [-0.15, -0.1) is 0 Å². The summed E-state index contributed by atoms with van der Waals surface area (Å²) in [5.74, 6) is -0.221. The lowest BCUT2D eigenvalue weighted by Crippen LogP contribution is -2.38. The predicted molar refractivity (Wildman–Crippen MR) is 120 cm³/mol. The molecule has 5 nitrogen and oxygen atoms in total. The molecule has 3 rings (SSSR count). The second-order valence-corrected chi connectivity index (χ2v) is 8.61. The molecule has 1 aliphatic heterocycles. The molecule has 0 radical (unpaired) electrons. The van der Waals surface area contributed by atoms with E-state index in [-0.39, 0.29) is 23.8 Å². The van der Waals surface area contributed by atoms with Gasteiger partial charge in [0.25, 0.3) is 0 Å². The number of hydrogen-bond acceptors (Lipinski definition) is 3. The van der Waals surface area contributed by atoms with Gasteiger partial charge in [-0.2, -0.15) is 0 Å². The first-order chi connectivity index (χ1) is 14.3. The van der Waals surface area contributed by atoms with Crippen LogP contribution in [0.4, 0.5) is 0 Å². The zero-order valence-electron chi connectivity index (χ0n) is 18.5. The molecule has 1 N–H and O–H groups in total. The number of likely N-dealkylation sites (N-methyl/N-ethyl adjacent to an activating group) is 1. The average Bonchev–Trinajstić information content (AvgIpc) is 3.09. The van der Waals surface area contributed by atoms with E-state index >= 15 is 0 Å². The third-order valence-corrected chi connectivity index (χ3v) is 5.93. The fraction of sp³-hybridized carbons (Fsp3) is 0.440. The summed E-state index contributed by atoms with van der Waals surface area (Å²) in [7, 11) is 4.03. The number of hydrogen-bond donors (Lipinski definition) is 1. The first-order valence-electron chi connectivity index (χ1n) is 10.7. The number of carbonyl (C=O) groups excluding carboxylic acids is 2. The van der Waals surface area contributed by atoms with Crippen molar-refractivity contribution in [3.8, 4) is 0 Å². The Hall–Kier alpha value is -2.66. The van der Waals surface area contributed by atoms with Gasteiger partial charge in [0.2, 0.25) is 11.8 Å². The smallest absolute Gasteiger partial charge is 0.225 e. The molecule has 2 amide bonds. The molecule has 1 heterocycles. The van der Waals surface area contributed by atoms with Crippen molar-refractivity contribution >= 4 is 11.8 Å². The molecule has 160 valence electrons. The molecule has 0 saturated carbocycles. The van der Waals surface area contributed by atoms with Crippen LogP contribution in [0.1, 0.15) is 34.7 Å². The minimum Gasteiger partial charge on any atom is -0.354 e. The monoisotopic (exact) mass is 407 g/mol. The molecule has 2 atom stereocenters. The molecule has 5 heteroatoms. The lowest BCUT2D eigenvalue weighted by Gasteiger charge is -2.26. The topological polar surface area (TPSA) is 52.7 Å². The Morgan fingerprint density at radius 1 is 1.07 bits per heavy atom. The van der Waals surface area contributed by atoms with Crippen LogP contribution in [0, 0.1) is 19.8 Å². The predicted octanol–water partition coefficient (Wildman–Crippen LogP) is 3.11. The molecule has 0 spiro atoms. The molecule has 1 aliphatic rings. The van der Waals surface area contributed by atoms with Crippen molar-refractivity contribution in [2.45, 2.75) is 32.7 Å². The van der Waals surface area contributed by atoms with Gasteiger partial charge in [-0.05, 0) is 45.5 Å². The van der Waals surface area contributed by atoms with Gasteiger partial charge in [-0.1, -0.05) is 59.7 Å². The van der Waals surface area contributed by atoms with Crippen LogP contribution in [0.25, 0.3) is 0 Å². The SMILES string of the molecule is Cc1ccc(CCN2CC(C(=O)NCC(c3ccc(C)cc3)N(C)C)CC2=O)cc1. The van der Waals surface area contributed by atoms with Crippen LogP contribution < -0.4 is 5.32 Å². The maximum absolute atomic E-state index is 12.8. The molecule has 2 aromatic carbocycles. The summed E-state index contributed by atoms with van der Waals surface area (Å²) in [5, 5.41) is 3.08. The summed E-state index contributed by atoms with van der Waals surface area (Å²) >= 11 is 0. The van der Waals surface area contributed by atoms with E-state index in [0.29, 0.717) is 26.1 Å². The van der Waals surface area contributed by atoms with Gasteiger partial charge in [0.05, 0.1) is 12.0 Å². The van der Waals surface area contributed by atoms with Crippen LogP contribution in [0.3, 0.4) is 0 Å². The van der Waals surface area contributed by atoms with Gasteiger partial charge in [-0.25, -0.2) is 0 Å². The average molecular weight is 408 g/mol. The van der Waals surface area contributed by atoms with E-state index in [1.54, 1.807) is 0 Å². The highest BCUT2D eigenvalue weighted by atomic mass is 16.2. The van der Waals surface area contributed by atoms with Crippen molar-refractivity contribution in [1.29, 1.82) is 0 Å². The number of rotatable bonds is 8. The summed E-state index contributed by atoms with van der Waals surface area (Å²) < 4.78 is 0. The van der Waals surface area contributed by atoms with E-state index in [0.717, 1.165) is 6.42 Å². The molecular weight excluding hydrogens is 374 g/mol. The molecule has 1 saturated heterocycles. The van der Waals surface area contributed by atoms with Crippen molar-refractivity contribution in [1.82, 2.24) is 15.1 Å². The van der Waals surface area contributed by atoms with Crippen LogP contribution in [0.15, 0.2) is 48.5 Å². The molecule has 0 bridgehead atoms. The van der Waals surface area contributed by atoms with Crippen molar-refractivity contribution in [2.24, 2.45) is 5.92 Å². The molecule has 2 aromatic rings. The van der Waals surface area contributed by atoms with Gasteiger partial charge < -0.3 is 15.1 Å². The Balaban J connectivity index is 1.52. The van der Waals surface area contributed by atoms with Gasteiger partial charge in [0.15, 0.2) is 0 Å². The van der Waals surface area contributed by atoms with E-state index in [9.17, 15) is 9.59 Å². The fourth-order valence-electron chi connectivity index (χ4n) is 3.91. The Bertz CT molecular complexity index is 859. The minimum atomic E-state index is -0.267. The highest BCUT2D eigenvalue weighted by Gasteiger charge is 2.34. The Kier molecular flexibility index (Phi) is 7.27. The van der Waals surface area contributed by atoms with Crippen molar-refractivity contribution in [3.05, 3.63) is 70.8 Å². The van der Waals surface area contributed by atoms with E-state index < -0.39 is 0 Å². The lowest BCUT2D eigenvalue weighted by atomic mass is 10.0. The summed E-state index contributed by atoms with van der Waals surface area (Å²) in [4.78, 5) is 29.1. The van der Waals surface area contributed by atoms with Crippen LogP contribution in [-0.2, 0) is 16.0 Å². The number of benzene rings is 2. The molecule has 0 aromatic heterocycles. The normalized spacial score (nSPS) is 17.4. The van der Waals surface area contributed by atoms with Crippen molar-refractivity contribution in [3.63, 3.8) is 0 Å². The van der Waals surface area contributed by atoms with Crippen molar-refractivity contribution < 1.29 is 9.59 Å². The first kappa shape index (κ1) is 22.0. The van der Waals surface area contributed by atoms with Gasteiger partial charge in [0.1, 0.15) is 0 Å². The number of amides is 2. The number of nitrogens with zero attached hydrogens (tertiary/aromatic N) is 2. The first-order valence-corrected chi connectivity index (χ1v) is 10.7. The lowest BCUT2D eigenvalue weighted by molar-refractivity contribution is -0.129. The second kappa shape index (κ2) is 9.90. The second-order valence-electron chi connectivity index (χ2n) is 8.61. The van der Waals surface area contributed by atoms with E-state index in [2.05, 4.69) is 72.6 Å². The minimum absolute atomic E-state index is 0.0276. The number of carbonyl (C=O) groups is 2. The van der Waals surface area contributed by atoms with Crippen LogP contribution in [0.2, 0.25) is 0 Å². The Morgan fingerprint density at radius 2 is 1.67 bits per heavy atom. The summed E-state index contributed by atoms with van der Waals surface area (Å²) in [5.41, 5.74) is 4.84. The third-order valence-electron chi connectivity index (χ3n) is 5.93. The van der Waals surface area contributed by atoms with Crippen LogP contribution in [0.5, 0.6) is 0 Å². The maximum Gasteiger partial charge on any atom is 0.225 e. The highest BCUT2D eigenvalue weighted by Crippen LogP contribution is 2.21. The van der Waals surface area contributed by atoms with E-state index in [4.69, 9.17) is 0 Å². The molecule has 1 fully saturated rings. The fourth-order valence-corrected chi connectivity index (χ4v) is 3.91. The standard InChI is InChI=1S/C25H33N3O2/c1-18-5-9-20(10-6-18)13-14-28-17-22(15-24(28)29)25(30)26-16-23(27(3)4)21-11-7-19(2)8-12-21/h5-12,22-23H,13-17H2,1-4H3,(H,26,30). The van der Waals surface area contributed by atoms with Crippen LogP contribution in [-0.4, -0.2) is 55.3 Å². The quantitative estimate of drug-likeness (QED) is 0.732. The van der Waals surface area contributed by atoms with Crippen LogP contribution >= 0.6 is 0 Å². The maximum atomic E-state index is 12.8. The van der Waals surface area contributed by atoms with Gasteiger partial charge in [-0.3, -0.25) is 9.59 Å². The molecule has 2 unspecified atom stereocenters. The Morgan fingerprint density at radius 3 is 2.27 bits per heavy atom. The summed E-state index contributed by atoms with van der Waals surface area (Å²) in [6.45, 7) is 5.83. The molecular formula is C25H33N3O2. The van der Waals surface area contributed by atoms with E-state index in [1.165, 1.54) is 22.3 Å². The number of likely N-dealkylation sites (tertiary alicyclic amines) is 1. The van der Waals surface area contributed by atoms with E-state index in [1.807, 2.05) is 19.0 Å². The summed E-state index contributed by atoms with van der Waals surface area (Å²) in [6.07, 6.45) is 1.12. The zero-order valence-corrected chi connectivity index (χ0v) is 18.5. The van der Waals surface area contributed by atoms with Crippen molar-refractivity contribution in [2.75, 3.05) is 33.7 Å². The van der Waals surface area contributed by atoms with Gasteiger partial charge in [0, 0.05) is 26.1 Å². The summed E-state index contributed by atoms with van der Waals surface area (Å²) in [6, 6.07) is 16.9. The third kappa shape index (κ3) is 5.70. The van der Waals surface area contributed by atoms with Gasteiger partial charge >= 0.3 is 0 Å². The number of nitrogens with one attached hydrogen (secondary N) is 1.